The number of ether oxygens (including phenoxy) is 1. The fraction of sp³-hybridized carbons (Fsp3) is 0.381. The van der Waals surface area contributed by atoms with E-state index in [0.717, 1.165) is 22.4 Å². The highest BCUT2D eigenvalue weighted by Crippen LogP contribution is 2.22. The van der Waals surface area contributed by atoms with Crippen LogP contribution in [0.5, 0.6) is 5.75 Å². The second-order valence-electron chi connectivity index (χ2n) is 6.55. The zero-order chi connectivity index (χ0) is 17.9. The first-order chi connectivity index (χ1) is 11.3. The van der Waals surface area contributed by atoms with Crippen LogP contribution < -0.4 is 10.1 Å². The Morgan fingerprint density at radius 1 is 1.00 bits per heavy atom. The summed E-state index contributed by atoms with van der Waals surface area (Å²) in [5.41, 5.74) is 5.77. The number of carbonyl (C=O) groups is 1. The van der Waals surface area contributed by atoms with Crippen molar-refractivity contribution >= 4 is 5.91 Å². The van der Waals surface area contributed by atoms with Crippen LogP contribution in [0.2, 0.25) is 0 Å². The first-order valence-corrected chi connectivity index (χ1v) is 8.40. The van der Waals surface area contributed by atoms with E-state index in [1.54, 1.807) is 6.92 Å². The van der Waals surface area contributed by atoms with Gasteiger partial charge in [-0.1, -0.05) is 35.9 Å². The monoisotopic (exact) mass is 325 g/mol. The molecule has 2 aromatic carbocycles. The molecule has 0 heterocycles. The Balaban J connectivity index is 2.04. The molecular formula is C21H27NO2. The van der Waals surface area contributed by atoms with E-state index in [1.165, 1.54) is 11.1 Å². The minimum atomic E-state index is -0.543. The average Bonchev–Trinajstić information content (AvgIpc) is 2.51. The lowest BCUT2D eigenvalue weighted by Crippen LogP contribution is -2.38. The lowest BCUT2D eigenvalue weighted by Gasteiger charge is -2.21. The molecule has 3 nitrogen and oxygen atoms in total. The van der Waals surface area contributed by atoms with Gasteiger partial charge < -0.3 is 10.1 Å². The van der Waals surface area contributed by atoms with Gasteiger partial charge in [-0.2, -0.15) is 0 Å². The number of carbonyl (C=O) groups excluding carboxylic acids is 1. The number of rotatable bonds is 5. The third-order valence-corrected chi connectivity index (χ3v) is 4.48. The maximum absolute atomic E-state index is 12.5. The molecule has 0 aromatic heterocycles. The Hall–Kier alpha value is -2.29. The van der Waals surface area contributed by atoms with Crippen LogP contribution in [-0.2, 0) is 4.79 Å². The molecule has 2 rings (SSSR count). The molecule has 1 amide bonds. The molecular weight excluding hydrogens is 298 g/mol. The maximum Gasteiger partial charge on any atom is 0.261 e. The predicted molar refractivity (Wildman–Crippen MR) is 98.5 cm³/mol. The van der Waals surface area contributed by atoms with E-state index < -0.39 is 6.10 Å². The SMILES string of the molecule is Cc1ccc([C@H](C)NC(=O)[C@@H](C)Oc2cccc(C)c2C)c(C)c1. The second kappa shape index (κ2) is 7.52. The van der Waals surface area contributed by atoms with Crippen LogP contribution >= 0.6 is 0 Å². The van der Waals surface area contributed by atoms with Gasteiger partial charge in [0.1, 0.15) is 5.75 Å². The van der Waals surface area contributed by atoms with E-state index in [2.05, 4.69) is 37.4 Å². The summed E-state index contributed by atoms with van der Waals surface area (Å²) in [5.74, 6) is 0.653. The van der Waals surface area contributed by atoms with Gasteiger partial charge in [-0.05, 0) is 69.9 Å². The molecule has 0 saturated heterocycles. The lowest BCUT2D eigenvalue weighted by molar-refractivity contribution is -0.127. The van der Waals surface area contributed by atoms with E-state index in [1.807, 2.05) is 39.0 Å². The average molecular weight is 325 g/mol. The Morgan fingerprint density at radius 2 is 1.71 bits per heavy atom. The number of aryl methyl sites for hydroxylation is 3. The Labute approximate surface area is 145 Å². The van der Waals surface area contributed by atoms with Crippen LogP contribution in [0.15, 0.2) is 36.4 Å². The van der Waals surface area contributed by atoms with Crippen LogP contribution in [0.25, 0.3) is 0 Å². The molecule has 0 bridgehead atoms. The van der Waals surface area contributed by atoms with E-state index >= 15 is 0 Å². The van der Waals surface area contributed by atoms with Crippen LogP contribution in [-0.4, -0.2) is 12.0 Å². The van der Waals surface area contributed by atoms with Crippen molar-refractivity contribution in [2.24, 2.45) is 0 Å². The van der Waals surface area contributed by atoms with Gasteiger partial charge >= 0.3 is 0 Å². The molecule has 1 N–H and O–H groups in total. The van der Waals surface area contributed by atoms with Gasteiger partial charge in [0.25, 0.3) is 5.91 Å². The normalized spacial score (nSPS) is 13.2. The molecule has 2 aromatic rings. The molecule has 0 aliphatic heterocycles. The third kappa shape index (κ3) is 4.16. The van der Waals surface area contributed by atoms with Crippen molar-refractivity contribution in [1.29, 1.82) is 0 Å². The Kier molecular flexibility index (Phi) is 5.66. The zero-order valence-corrected chi connectivity index (χ0v) is 15.4. The molecule has 0 saturated carbocycles. The topological polar surface area (TPSA) is 38.3 Å². The fourth-order valence-electron chi connectivity index (χ4n) is 2.82. The molecule has 0 fully saturated rings. The molecule has 128 valence electrons. The number of benzene rings is 2. The predicted octanol–water partition coefficient (Wildman–Crippen LogP) is 4.56. The standard InChI is InChI=1S/C21H27NO2/c1-13-10-11-19(15(3)12-13)17(5)22-21(23)18(6)24-20-9-7-8-14(2)16(20)4/h7-12,17-18H,1-6H3,(H,22,23)/t17-,18+/m0/s1. The summed E-state index contributed by atoms with van der Waals surface area (Å²) in [6.45, 7) is 12.0. The lowest BCUT2D eigenvalue weighted by atomic mass is 10.00. The van der Waals surface area contributed by atoms with Crippen molar-refractivity contribution in [3.8, 4) is 5.75 Å². The quantitative estimate of drug-likeness (QED) is 0.875. The van der Waals surface area contributed by atoms with Gasteiger partial charge in [0.05, 0.1) is 6.04 Å². The highest BCUT2D eigenvalue weighted by atomic mass is 16.5. The van der Waals surface area contributed by atoms with Crippen molar-refractivity contribution in [2.75, 3.05) is 0 Å². The highest BCUT2D eigenvalue weighted by Gasteiger charge is 2.19. The molecule has 0 radical (unpaired) electrons. The maximum atomic E-state index is 12.5. The van der Waals surface area contributed by atoms with Crippen LogP contribution in [0.1, 0.15) is 47.7 Å². The van der Waals surface area contributed by atoms with Gasteiger partial charge in [0.15, 0.2) is 6.10 Å². The number of nitrogens with one attached hydrogen (secondary N) is 1. The van der Waals surface area contributed by atoms with Crippen molar-refractivity contribution in [3.05, 3.63) is 64.2 Å². The van der Waals surface area contributed by atoms with Gasteiger partial charge in [-0.3, -0.25) is 4.79 Å². The Bertz CT molecular complexity index is 737. The minimum absolute atomic E-state index is 0.0530. The molecule has 0 aliphatic rings. The van der Waals surface area contributed by atoms with Crippen LogP contribution in [0, 0.1) is 27.7 Å². The smallest absolute Gasteiger partial charge is 0.261 e. The Morgan fingerprint density at radius 3 is 2.38 bits per heavy atom. The van der Waals surface area contributed by atoms with E-state index in [9.17, 15) is 4.79 Å². The largest absolute Gasteiger partial charge is 0.481 e. The molecule has 0 unspecified atom stereocenters. The van der Waals surface area contributed by atoms with Gasteiger partial charge in [-0.25, -0.2) is 0 Å². The van der Waals surface area contributed by atoms with Crippen molar-refractivity contribution in [2.45, 2.75) is 53.7 Å². The summed E-state index contributed by atoms with van der Waals surface area (Å²) < 4.78 is 5.86. The molecule has 0 spiro atoms. The molecule has 2 atom stereocenters. The van der Waals surface area contributed by atoms with Gasteiger partial charge in [0.2, 0.25) is 0 Å². The minimum Gasteiger partial charge on any atom is -0.481 e. The van der Waals surface area contributed by atoms with Crippen molar-refractivity contribution in [1.82, 2.24) is 5.32 Å². The van der Waals surface area contributed by atoms with Crippen molar-refractivity contribution < 1.29 is 9.53 Å². The fourth-order valence-corrected chi connectivity index (χ4v) is 2.82. The third-order valence-electron chi connectivity index (χ3n) is 4.48. The first kappa shape index (κ1) is 18.1. The molecule has 3 heteroatoms. The summed E-state index contributed by atoms with van der Waals surface area (Å²) in [7, 11) is 0. The number of amides is 1. The van der Waals surface area contributed by atoms with Gasteiger partial charge in [-0.15, -0.1) is 0 Å². The molecule has 0 aliphatic carbocycles. The van der Waals surface area contributed by atoms with Crippen LogP contribution in [0.4, 0.5) is 0 Å². The van der Waals surface area contributed by atoms with E-state index in [4.69, 9.17) is 4.74 Å². The summed E-state index contributed by atoms with van der Waals surface area (Å²) in [4.78, 5) is 12.5. The van der Waals surface area contributed by atoms with Gasteiger partial charge in [0, 0.05) is 0 Å². The van der Waals surface area contributed by atoms with Crippen molar-refractivity contribution in [3.63, 3.8) is 0 Å². The molecule has 24 heavy (non-hydrogen) atoms. The summed E-state index contributed by atoms with van der Waals surface area (Å²) in [6.07, 6.45) is -0.543. The number of hydrogen-bond donors (Lipinski definition) is 1. The summed E-state index contributed by atoms with van der Waals surface area (Å²) >= 11 is 0. The highest BCUT2D eigenvalue weighted by molar-refractivity contribution is 5.81. The summed E-state index contributed by atoms with van der Waals surface area (Å²) in [5, 5.41) is 3.05. The van der Waals surface area contributed by atoms with Crippen LogP contribution in [0.3, 0.4) is 0 Å². The summed E-state index contributed by atoms with van der Waals surface area (Å²) in [6, 6.07) is 12.1. The second-order valence-corrected chi connectivity index (χ2v) is 6.55. The zero-order valence-electron chi connectivity index (χ0n) is 15.4. The van der Waals surface area contributed by atoms with E-state index in [0.29, 0.717) is 0 Å². The van der Waals surface area contributed by atoms with E-state index in [-0.39, 0.29) is 11.9 Å². The first-order valence-electron chi connectivity index (χ1n) is 8.40. The number of hydrogen-bond acceptors (Lipinski definition) is 2.